The second kappa shape index (κ2) is 6.47. The standard InChI is InChI=1S/C2H3NO2S2.K/c4-3(5)1-2(6)7;/h1H2,(H,6,7);/q;+1/p-1. The smallest absolute Gasteiger partial charge is 0.427 e. The minimum absolute atomic E-state index is 0. The molecule has 0 unspecified atom stereocenters. The summed E-state index contributed by atoms with van der Waals surface area (Å²) in [5.41, 5.74) is 0. The maximum atomic E-state index is 9.46. The molecule has 0 heterocycles. The van der Waals surface area contributed by atoms with E-state index in [1.165, 1.54) is 0 Å². The summed E-state index contributed by atoms with van der Waals surface area (Å²) >= 11 is 8.49. The van der Waals surface area contributed by atoms with Crippen molar-refractivity contribution in [2.24, 2.45) is 0 Å². The van der Waals surface area contributed by atoms with Crippen molar-refractivity contribution in [2.45, 2.75) is 0 Å². The first-order valence-electron chi connectivity index (χ1n) is 1.44. The van der Waals surface area contributed by atoms with Gasteiger partial charge in [0.25, 0.3) is 0 Å². The van der Waals surface area contributed by atoms with Crippen LogP contribution in [0.4, 0.5) is 0 Å². The Bertz CT molecular complexity index is 94.2. The number of hydrogen-bond acceptors (Lipinski definition) is 4. The van der Waals surface area contributed by atoms with Crippen molar-refractivity contribution < 1.29 is 56.3 Å². The summed E-state index contributed by atoms with van der Waals surface area (Å²) in [6, 6.07) is 0. The quantitative estimate of drug-likeness (QED) is 0.149. The molecule has 3 nitrogen and oxygen atoms in total. The van der Waals surface area contributed by atoms with Crippen molar-refractivity contribution in [3.8, 4) is 0 Å². The fraction of sp³-hybridized carbons (Fsp3) is 0.500. The Balaban J connectivity index is 0. The van der Waals surface area contributed by atoms with Gasteiger partial charge in [-0.1, -0.05) is 4.20 Å². The predicted octanol–water partition coefficient (Wildman–Crippen LogP) is -2.86. The number of nitrogens with zero attached hydrogens (tertiary/aromatic N) is 1. The predicted molar refractivity (Wildman–Crippen MR) is 31.8 cm³/mol. The molecule has 0 aromatic heterocycles. The Labute approximate surface area is 100 Å². The van der Waals surface area contributed by atoms with Gasteiger partial charge in [0.1, 0.15) is 0 Å². The molecule has 0 aliphatic rings. The molecule has 0 saturated heterocycles. The van der Waals surface area contributed by atoms with Crippen LogP contribution < -0.4 is 51.4 Å². The molecular weight excluding hydrogens is 173 g/mol. The van der Waals surface area contributed by atoms with Gasteiger partial charge in [0.2, 0.25) is 6.54 Å². The molecule has 0 rings (SSSR count). The molecule has 0 fully saturated rings. The van der Waals surface area contributed by atoms with Crippen molar-refractivity contribution in [2.75, 3.05) is 6.54 Å². The summed E-state index contributed by atoms with van der Waals surface area (Å²) in [4.78, 5) is 8.91. The molecule has 40 valence electrons. The topological polar surface area (TPSA) is 43.1 Å². The number of thiocarbonyl (C=S) groups is 1. The van der Waals surface area contributed by atoms with E-state index in [1.807, 2.05) is 0 Å². The molecule has 8 heavy (non-hydrogen) atoms. The first-order valence-corrected chi connectivity index (χ1v) is 2.26. The van der Waals surface area contributed by atoms with Gasteiger partial charge in [-0.2, -0.15) is 0 Å². The summed E-state index contributed by atoms with van der Waals surface area (Å²) in [6.45, 7) is -0.370. The van der Waals surface area contributed by atoms with E-state index in [1.54, 1.807) is 0 Å². The zero-order valence-electron chi connectivity index (χ0n) is 4.29. The Morgan fingerprint density at radius 3 is 2.25 bits per heavy atom. The van der Waals surface area contributed by atoms with E-state index < -0.39 is 4.92 Å². The van der Waals surface area contributed by atoms with Crippen LogP contribution in [0.1, 0.15) is 0 Å². The molecule has 0 atom stereocenters. The molecule has 0 N–H and O–H groups in total. The largest absolute Gasteiger partial charge is 1.00 e. The molecule has 0 bridgehead atoms. The van der Waals surface area contributed by atoms with E-state index >= 15 is 0 Å². The molecule has 6 heteroatoms. The van der Waals surface area contributed by atoms with Gasteiger partial charge in [-0.25, -0.2) is 0 Å². The Kier molecular flexibility index (Phi) is 9.75. The second-order valence-electron chi connectivity index (χ2n) is 0.863. The summed E-state index contributed by atoms with van der Waals surface area (Å²) in [5, 5.41) is 9.46. The molecule has 0 aliphatic heterocycles. The first kappa shape index (κ1) is 12.1. The molecule has 0 amide bonds. The maximum absolute atomic E-state index is 9.46. The van der Waals surface area contributed by atoms with E-state index in [9.17, 15) is 10.1 Å². The summed E-state index contributed by atoms with van der Waals surface area (Å²) in [6.07, 6.45) is 0. The van der Waals surface area contributed by atoms with Crippen molar-refractivity contribution in [1.29, 1.82) is 0 Å². The number of rotatable bonds is 2. The minimum atomic E-state index is -0.546. The van der Waals surface area contributed by atoms with Gasteiger partial charge in [-0.3, -0.25) is 10.1 Å². The van der Waals surface area contributed by atoms with Gasteiger partial charge in [-0.05, 0) is 0 Å². The molecule has 0 aliphatic carbocycles. The fourth-order valence-electron chi connectivity index (χ4n) is 0.105. The van der Waals surface area contributed by atoms with Crippen LogP contribution in [-0.2, 0) is 12.6 Å². The fourth-order valence-corrected chi connectivity index (χ4v) is 0.316. The van der Waals surface area contributed by atoms with Crippen LogP contribution in [0.3, 0.4) is 0 Å². The van der Waals surface area contributed by atoms with E-state index in [0.29, 0.717) is 0 Å². The minimum Gasteiger partial charge on any atom is -0.427 e. The molecule has 0 aromatic carbocycles. The summed E-state index contributed by atoms with van der Waals surface area (Å²) in [7, 11) is 0. The average molecular weight is 175 g/mol. The Hall–Kier alpha value is 1.35. The van der Waals surface area contributed by atoms with Crippen LogP contribution in [0, 0.1) is 10.1 Å². The Morgan fingerprint density at radius 1 is 1.88 bits per heavy atom. The molecule has 0 saturated carbocycles. The van der Waals surface area contributed by atoms with Crippen molar-refractivity contribution >= 4 is 29.0 Å². The molecular formula is C2H2KNO2S2. The monoisotopic (exact) mass is 175 g/mol. The third-order valence-corrected chi connectivity index (χ3v) is 0.516. The number of hydrogen-bond donors (Lipinski definition) is 0. The summed E-state index contributed by atoms with van der Waals surface area (Å²) in [5.74, 6) is 0. The molecule has 0 radical (unpaired) electrons. The van der Waals surface area contributed by atoms with Gasteiger partial charge in [0.05, 0.1) is 0 Å². The van der Waals surface area contributed by atoms with Crippen LogP contribution >= 0.6 is 12.2 Å². The van der Waals surface area contributed by atoms with Crippen LogP contribution in [0.15, 0.2) is 0 Å². The van der Waals surface area contributed by atoms with Gasteiger partial charge >= 0.3 is 51.4 Å². The van der Waals surface area contributed by atoms with Crippen molar-refractivity contribution in [3.05, 3.63) is 10.1 Å². The van der Waals surface area contributed by atoms with Crippen molar-refractivity contribution in [3.63, 3.8) is 0 Å². The van der Waals surface area contributed by atoms with Crippen LogP contribution in [0.5, 0.6) is 0 Å². The summed E-state index contributed by atoms with van der Waals surface area (Å²) < 4.78 is 0.00463. The van der Waals surface area contributed by atoms with Gasteiger partial charge in [0.15, 0.2) is 0 Å². The van der Waals surface area contributed by atoms with Crippen LogP contribution in [0.25, 0.3) is 0 Å². The zero-order valence-corrected chi connectivity index (χ0v) is 9.04. The second-order valence-corrected chi connectivity index (χ2v) is 2.11. The van der Waals surface area contributed by atoms with E-state index in [0.717, 1.165) is 0 Å². The third-order valence-electron chi connectivity index (χ3n) is 0.258. The van der Waals surface area contributed by atoms with E-state index in [4.69, 9.17) is 0 Å². The average Bonchev–Trinajstić information content (AvgIpc) is 1.27. The first-order chi connectivity index (χ1) is 3.13. The van der Waals surface area contributed by atoms with E-state index in [-0.39, 0.29) is 62.1 Å². The normalized spacial score (nSPS) is 7.00. The Morgan fingerprint density at radius 2 is 2.25 bits per heavy atom. The van der Waals surface area contributed by atoms with Gasteiger partial charge in [-0.15, -0.1) is 0 Å². The zero-order chi connectivity index (χ0) is 5.86. The van der Waals surface area contributed by atoms with Crippen molar-refractivity contribution in [1.82, 2.24) is 0 Å². The SMILES string of the molecule is O=[N+]([O-])CC(=S)[S-].[K+]. The van der Waals surface area contributed by atoms with E-state index in [2.05, 4.69) is 24.8 Å². The van der Waals surface area contributed by atoms with Gasteiger partial charge < -0.3 is 24.8 Å². The van der Waals surface area contributed by atoms with Crippen LogP contribution in [-0.4, -0.2) is 15.7 Å². The molecule has 0 spiro atoms. The third kappa shape index (κ3) is 10.4. The molecule has 0 aromatic rings. The van der Waals surface area contributed by atoms with Crippen LogP contribution in [0.2, 0.25) is 0 Å². The van der Waals surface area contributed by atoms with Gasteiger partial charge in [0, 0.05) is 4.92 Å². The number of nitro groups is 1. The maximum Gasteiger partial charge on any atom is 1.00 e.